The Bertz CT molecular complexity index is 236. The molecule has 0 fully saturated rings. The third-order valence-corrected chi connectivity index (χ3v) is 2.06. The van der Waals surface area contributed by atoms with Crippen molar-refractivity contribution >= 4 is 0 Å². The first-order chi connectivity index (χ1) is 7.33. The van der Waals surface area contributed by atoms with Gasteiger partial charge in [0.05, 0.1) is 26.1 Å². The van der Waals surface area contributed by atoms with E-state index in [2.05, 4.69) is 12.2 Å². The molecule has 1 aromatic heterocycles. The maximum Gasteiger partial charge on any atom is 0.105 e. The Morgan fingerprint density at radius 1 is 1.53 bits per heavy atom. The summed E-state index contributed by atoms with van der Waals surface area (Å²) < 4.78 is 10.4. The maximum atomic E-state index is 8.49. The molecule has 0 aromatic carbocycles. The van der Waals surface area contributed by atoms with Crippen LogP contribution in [0.4, 0.5) is 0 Å². The molecule has 0 bridgehead atoms. The third-order valence-electron chi connectivity index (χ3n) is 2.06. The third kappa shape index (κ3) is 5.57. The average Bonchev–Trinajstić information content (AvgIpc) is 2.70. The van der Waals surface area contributed by atoms with Gasteiger partial charge in [0.15, 0.2) is 0 Å². The second kappa shape index (κ2) is 7.45. The maximum absolute atomic E-state index is 8.49. The minimum absolute atomic E-state index is 0.0853. The molecular formula is C11H19NO3. The molecule has 1 rings (SSSR count). The van der Waals surface area contributed by atoms with Crippen LogP contribution in [0.5, 0.6) is 0 Å². The van der Waals surface area contributed by atoms with Gasteiger partial charge in [-0.25, -0.2) is 0 Å². The number of hydrogen-bond donors (Lipinski definition) is 2. The van der Waals surface area contributed by atoms with Crippen LogP contribution in [0.3, 0.4) is 0 Å². The molecule has 1 aromatic rings. The van der Waals surface area contributed by atoms with Crippen molar-refractivity contribution < 1.29 is 14.3 Å². The lowest BCUT2D eigenvalue weighted by molar-refractivity contribution is 0.0927. The summed E-state index contributed by atoms with van der Waals surface area (Å²) in [5, 5.41) is 11.8. The molecule has 2 N–H and O–H groups in total. The molecule has 86 valence electrons. The van der Waals surface area contributed by atoms with E-state index >= 15 is 0 Å². The van der Waals surface area contributed by atoms with Crippen LogP contribution in [0.15, 0.2) is 22.8 Å². The number of nitrogens with one attached hydrogen (secondary N) is 1. The highest BCUT2D eigenvalue weighted by molar-refractivity contribution is 4.99. The summed E-state index contributed by atoms with van der Waals surface area (Å²) in [5.41, 5.74) is 0. The predicted molar refractivity (Wildman–Crippen MR) is 57.8 cm³/mol. The van der Waals surface area contributed by atoms with E-state index in [9.17, 15) is 0 Å². The lowest BCUT2D eigenvalue weighted by Gasteiger charge is -2.12. The van der Waals surface area contributed by atoms with Gasteiger partial charge < -0.3 is 19.6 Å². The van der Waals surface area contributed by atoms with Crippen molar-refractivity contribution in [3.8, 4) is 0 Å². The van der Waals surface area contributed by atoms with Gasteiger partial charge in [-0.05, 0) is 19.1 Å². The summed E-state index contributed by atoms with van der Waals surface area (Å²) in [6.45, 7) is 4.02. The number of ether oxygens (including phenoxy) is 1. The molecule has 0 aliphatic carbocycles. The summed E-state index contributed by atoms with van der Waals surface area (Å²) in [6, 6.07) is 4.24. The molecule has 0 radical (unpaired) electrons. The Labute approximate surface area is 90.2 Å². The second-order valence-electron chi connectivity index (χ2n) is 3.47. The minimum Gasteiger partial charge on any atom is -0.469 e. The van der Waals surface area contributed by atoms with Crippen molar-refractivity contribution in [2.75, 3.05) is 26.4 Å². The fraction of sp³-hybridized carbons (Fsp3) is 0.636. The zero-order valence-electron chi connectivity index (χ0n) is 9.11. The van der Waals surface area contributed by atoms with E-state index in [1.165, 1.54) is 0 Å². The van der Waals surface area contributed by atoms with Crippen molar-refractivity contribution in [3.63, 3.8) is 0 Å². The van der Waals surface area contributed by atoms with Gasteiger partial charge in [-0.2, -0.15) is 0 Å². The highest BCUT2D eigenvalue weighted by atomic mass is 16.5. The Hall–Kier alpha value is -0.840. The standard InChI is InChI=1S/C11H19NO3/c1-10(9-11-3-2-6-15-11)12-4-7-14-8-5-13/h2-3,6,10,12-13H,4-5,7-9H2,1H3. The number of hydrogen-bond acceptors (Lipinski definition) is 4. The van der Waals surface area contributed by atoms with E-state index in [0.717, 1.165) is 18.7 Å². The molecular weight excluding hydrogens is 194 g/mol. The summed E-state index contributed by atoms with van der Waals surface area (Å²) in [6.07, 6.45) is 2.57. The molecule has 1 heterocycles. The Morgan fingerprint density at radius 3 is 3.07 bits per heavy atom. The quantitative estimate of drug-likeness (QED) is 0.627. The van der Waals surface area contributed by atoms with Crippen molar-refractivity contribution in [1.82, 2.24) is 5.32 Å². The second-order valence-corrected chi connectivity index (χ2v) is 3.47. The van der Waals surface area contributed by atoms with Crippen LogP contribution in [0, 0.1) is 0 Å². The number of furan rings is 1. The van der Waals surface area contributed by atoms with E-state index in [4.69, 9.17) is 14.3 Å². The number of rotatable bonds is 8. The van der Waals surface area contributed by atoms with Crippen LogP contribution in [0.25, 0.3) is 0 Å². The van der Waals surface area contributed by atoms with Gasteiger partial charge >= 0.3 is 0 Å². The fourth-order valence-corrected chi connectivity index (χ4v) is 1.35. The van der Waals surface area contributed by atoms with E-state index in [1.54, 1.807) is 6.26 Å². The molecule has 0 saturated heterocycles. The van der Waals surface area contributed by atoms with Crippen molar-refractivity contribution in [3.05, 3.63) is 24.2 Å². The lowest BCUT2D eigenvalue weighted by Crippen LogP contribution is -2.31. The van der Waals surface area contributed by atoms with Crippen LogP contribution >= 0.6 is 0 Å². The summed E-state index contributed by atoms with van der Waals surface area (Å²) in [5.74, 6) is 0.992. The minimum atomic E-state index is 0.0853. The van der Waals surface area contributed by atoms with Crippen LogP contribution in [-0.4, -0.2) is 37.5 Å². The monoisotopic (exact) mass is 213 g/mol. The van der Waals surface area contributed by atoms with Gasteiger partial charge in [-0.15, -0.1) is 0 Å². The van der Waals surface area contributed by atoms with E-state index in [1.807, 2.05) is 12.1 Å². The molecule has 1 atom stereocenters. The van der Waals surface area contributed by atoms with Crippen molar-refractivity contribution in [1.29, 1.82) is 0 Å². The van der Waals surface area contributed by atoms with Gasteiger partial charge in [0.1, 0.15) is 5.76 Å². The van der Waals surface area contributed by atoms with Crippen LogP contribution in [0.2, 0.25) is 0 Å². The molecule has 0 spiro atoms. The molecule has 0 amide bonds. The highest BCUT2D eigenvalue weighted by Gasteiger charge is 2.04. The first kappa shape index (κ1) is 12.2. The lowest BCUT2D eigenvalue weighted by atomic mass is 10.2. The topological polar surface area (TPSA) is 54.6 Å². The van der Waals surface area contributed by atoms with Gasteiger partial charge in [0.2, 0.25) is 0 Å². The Balaban J connectivity index is 2.01. The number of aliphatic hydroxyl groups excluding tert-OH is 1. The van der Waals surface area contributed by atoms with Crippen LogP contribution < -0.4 is 5.32 Å². The van der Waals surface area contributed by atoms with Crippen LogP contribution in [-0.2, 0) is 11.2 Å². The van der Waals surface area contributed by atoms with E-state index < -0.39 is 0 Å². The average molecular weight is 213 g/mol. The first-order valence-corrected chi connectivity index (χ1v) is 5.27. The fourth-order valence-electron chi connectivity index (χ4n) is 1.35. The summed E-state index contributed by atoms with van der Waals surface area (Å²) in [7, 11) is 0. The largest absolute Gasteiger partial charge is 0.469 e. The van der Waals surface area contributed by atoms with Gasteiger partial charge in [-0.3, -0.25) is 0 Å². The van der Waals surface area contributed by atoms with E-state index in [-0.39, 0.29) is 6.61 Å². The molecule has 4 heteroatoms. The van der Waals surface area contributed by atoms with Gasteiger partial charge in [0, 0.05) is 19.0 Å². The summed E-state index contributed by atoms with van der Waals surface area (Å²) >= 11 is 0. The molecule has 1 unspecified atom stereocenters. The molecule has 0 aliphatic heterocycles. The van der Waals surface area contributed by atoms with Gasteiger partial charge in [0.25, 0.3) is 0 Å². The summed E-state index contributed by atoms with van der Waals surface area (Å²) in [4.78, 5) is 0. The Kier molecular flexibility index (Phi) is 6.08. The van der Waals surface area contributed by atoms with Crippen molar-refractivity contribution in [2.24, 2.45) is 0 Å². The van der Waals surface area contributed by atoms with E-state index in [0.29, 0.717) is 19.3 Å². The molecule has 15 heavy (non-hydrogen) atoms. The highest BCUT2D eigenvalue weighted by Crippen LogP contribution is 2.03. The Morgan fingerprint density at radius 2 is 2.40 bits per heavy atom. The normalized spacial score (nSPS) is 12.9. The molecule has 0 aliphatic rings. The zero-order valence-corrected chi connectivity index (χ0v) is 9.11. The van der Waals surface area contributed by atoms with Crippen molar-refractivity contribution in [2.45, 2.75) is 19.4 Å². The van der Waals surface area contributed by atoms with Crippen LogP contribution in [0.1, 0.15) is 12.7 Å². The SMILES string of the molecule is CC(Cc1ccco1)NCCOCCO. The zero-order chi connectivity index (χ0) is 10.9. The van der Waals surface area contributed by atoms with Gasteiger partial charge in [-0.1, -0.05) is 0 Å². The first-order valence-electron chi connectivity index (χ1n) is 5.27. The smallest absolute Gasteiger partial charge is 0.105 e. The molecule has 4 nitrogen and oxygen atoms in total. The molecule has 0 saturated carbocycles. The predicted octanol–water partition coefficient (Wildman–Crippen LogP) is 0.809. The number of aliphatic hydroxyl groups is 1.